The van der Waals surface area contributed by atoms with Crippen LogP contribution in [0.4, 0.5) is 20.6 Å². The molecule has 1 aromatic carbocycles. The largest absolute Gasteiger partial charge is 0.444 e. The Balaban J connectivity index is 1.40. The molecule has 2 amide bonds. The van der Waals surface area contributed by atoms with Crippen molar-refractivity contribution < 1.29 is 18.7 Å². The van der Waals surface area contributed by atoms with Crippen LogP contribution in [0.1, 0.15) is 50.2 Å². The molecule has 1 atom stereocenters. The van der Waals surface area contributed by atoms with Crippen molar-refractivity contribution in [2.45, 2.75) is 52.7 Å². The summed E-state index contributed by atoms with van der Waals surface area (Å²) in [4.78, 5) is 34.2. The minimum absolute atomic E-state index is 0.0296. The maximum atomic E-state index is 14.5. The van der Waals surface area contributed by atoms with Crippen molar-refractivity contribution in [3.05, 3.63) is 59.9 Å². The van der Waals surface area contributed by atoms with E-state index in [1.165, 1.54) is 6.07 Å². The maximum Gasteiger partial charge on any atom is 0.410 e. The highest BCUT2D eigenvalue weighted by Gasteiger charge is 2.33. The standard InChI is InChI=1S/C28H32FN7O3/c1-6-19-16-34(11-12-36(19)27(38)39-28(3,4)5)23-8-7-21(24-20(23)9-10-30-33-24)26(37)32-18-13-22(29)25-31-17(2)14-35(25)15-18/h7-10,13-15,19H,6,11-12,16H2,1-5H3,(H,32,37). The Labute approximate surface area is 225 Å². The second-order valence-corrected chi connectivity index (χ2v) is 10.8. The summed E-state index contributed by atoms with van der Waals surface area (Å²) in [5.74, 6) is -0.958. The van der Waals surface area contributed by atoms with Crippen LogP contribution in [-0.4, -0.2) is 67.8 Å². The Morgan fingerprint density at radius 1 is 1.18 bits per heavy atom. The molecule has 1 aliphatic rings. The molecule has 0 aliphatic carbocycles. The van der Waals surface area contributed by atoms with Crippen LogP contribution in [0.5, 0.6) is 0 Å². The van der Waals surface area contributed by atoms with Gasteiger partial charge in [0.1, 0.15) is 11.1 Å². The molecule has 5 rings (SSSR count). The first kappa shape index (κ1) is 26.3. The number of imidazole rings is 1. The highest BCUT2D eigenvalue weighted by molar-refractivity contribution is 6.13. The monoisotopic (exact) mass is 533 g/mol. The fourth-order valence-electron chi connectivity index (χ4n) is 4.96. The summed E-state index contributed by atoms with van der Waals surface area (Å²) in [6.07, 6.45) is 5.36. The number of hydrogen-bond donors (Lipinski definition) is 1. The quantitative estimate of drug-likeness (QED) is 0.401. The van der Waals surface area contributed by atoms with Crippen LogP contribution in [0.3, 0.4) is 0 Å². The zero-order valence-electron chi connectivity index (χ0n) is 22.7. The van der Waals surface area contributed by atoms with Gasteiger partial charge < -0.3 is 24.3 Å². The molecule has 204 valence electrons. The van der Waals surface area contributed by atoms with E-state index in [1.807, 2.05) is 39.8 Å². The number of pyridine rings is 1. The Morgan fingerprint density at radius 3 is 2.72 bits per heavy atom. The van der Waals surface area contributed by atoms with E-state index in [1.54, 1.807) is 40.9 Å². The normalized spacial score (nSPS) is 16.1. The first-order valence-corrected chi connectivity index (χ1v) is 13.0. The Hall–Kier alpha value is -4.28. The van der Waals surface area contributed by atoms with Gasteiger partial charge in [0.25, 0.3) is 5.91 Å². The number of carbonyl (C=O) groups is 2. The van der Waals surface area contributed by atoms with Crippen molar-refractivity contribution >= 4 is 39.9 Å². The summed E-state index contributed by atoms with van der Waals surface area (Å²) in [7, 11) is 0. The third kappa shape index (κ3) is 5.34. The summed E-state index contributed by atoms with van der Waals surface area (Å²) >= 11 is 0. The summed E-state index contributed by atoms with van der Waals surface area (Å²) in [5, 5.41) is 11.8. The van der Waals surface area contributed by atoms with Crippen LogP contribution >= 0.6 is 0 Å². The predicted octanol–water partition coefficient (Wildman–Crippen LogP) is 4.81. The van der Waals surface area contributed by atoms with E-state index in [-0.39, 0.29) is 17.8 Å². The second kappa shape index (κ2) is 10.1. The van der Waals surface area contributed by atoms with Gasteiger partial charge in [-0.25, -0.2) is 14.2 Å². The van der Waals surface area contributed by atoms with Crippen LogP contribution < -0.4 is 10.2 Å². The number of nitrogens with one attached hydrogen (secondary N) is 1. The summed E-state index contributed by atoms with van der Waals surface area (Å²) < 4.78 is 21.7. The number of ether oxygens (including phenoxy) is 1. The first-order valence-electron chi connectivity index (χ1n) is 13.0. The van der Waals surface area contributed by atoms with Crippen molar-refractivity contribution in [2.24, 2.45) is 0 Å². The number of halogens is 1. The van der Waals surface area contributed by atoms with Gasteiger partial charge in [0, 0.05) is 49.2 Å². The highest BCUT2D eigenvalue weighted by Crippen LogP contribution is 2.31. The lowest BCUT2D eigenvalue weighted by atomic mass is 10.0. The topological polar surface area (TPSA) is 105 Å². The molecule has 0 spiro atoms. The summed E-state index contributed by atoms with van der Waals surface area (Å²) in [6.45, 7) is 11.1. The van der Waals surface area contributed by atoms with Crippen molar-refractivity contribution in [3.8, 4) is 0 Å². The van der Waals surface area contributed by atoms with Gasteiger partial charge in [-0.2, -0.15) is 5.10 Å². The van der Waals surface area contributed by atoms with E-state index in [4.69, 9.17) is 4.74 Å². The van der Waals surface area contributed by atoms with E-state index in [9.17, 15) is 14.0 Å². The molecule has 1 aliphatic heterocycles. The van der Waals surface area contributed by atoms with Crippen molar-refractivity contribution in [2.75, 3.05) is 29.9 Å². The predicted molar refractivity (Wildman–Crippen MR) is 147 cm³/mol. The number of hydrogen-bond acceptors (Lipinski definition) is 7. The van der Waals surface area contributed by atoms with Gasteiger partial charge in [0.15, 0.2) is 11.5 Å². The van der Waals surface area contributed by atoms with Gasteiger partial charge in [-0.1, -0.05) is 6.92 Å². The van der Waals surface area contributed by atoms with Crippen molar-refractivity contribution in [1.82, 2.24) is 24.5 Å². The lowest BCUT2D eigenvalue weighted by Gasteiger charge is -2.42. The summed E-state index contributed by atoms with van der Waals surface area (Å²) in [6, 6.07) is 6.64. The van der Waals surface area contributed by atoms with E-state index in [2.05, 4.69) is 25.4 Å². The number of fused-ring (bicyclic) bond motifs is 2. The Bertz CT molecular complexity index is 1560. The van der Waals surface area contributed by atoms with Crippen molar-refractivity contribution in [1.29, 1.82) is 0 Å². The maximum absolute atomic E-state index is 14.5. The fraction of sp³-hybridized carbons (Fsp3) is 0.393. The van der Waals surface area contributed by atoms with Gasteiger partial charge in [-0.15, -0.1) is 5.10 Å². The molecule has 11 heteroatoms. The molecule has 10 nitrogen and oxygen atoms in total. The molecule has 3 aromatic heterocycles. The molecule has 4 heterocycles. The number of piperazine rings is 1. The minimum Gasteiger partial charge on any atom is -0.444 e. The van der Waals surface area contributed by atoms with Gasteiger partial charge in [0.2, 0.25) is 0 Å². The molecule has 1 unspecified atom stereocenters. The molecule has 39 heavy (non-hydrogen) atoms. The van der Waals surface area contributed by atoms with Crippen molar-refractivity contribution in [3.63, 3.8) is 0 Å². The van der Waals surface area contributed by atoms with Crippen LogP contribution in [0.2, 0.25) is 0 Å². The average Bonchev–Trinajstić information content (AvgIpc) is 3.27. The number of anilines is 2. The number of aromatic nitrogens is 4. The van der Waals surface area contributed by atoms with Crippen LogP contribution in [0, 0.1) is 12.7 Å². The molecule has 1 saturated heterocycles. The third-order valence-electron chi connectivity index (χ3n) is 6.71. The number of nitrogens with zero attached hydrogens (tertiary/aromatic N) is 6. The molecule has 0 saturated carbocycles. The van der Waals surface area contributed by atoms with Crippen LogP contribution in [0.25, 0.3) is 16.6 Å². The molecule has 0 bridgehead atoms. The van der Waals surface area contributed by atoms with E-state index >= 15 is 0 Å². The zero-order chi connectivity index (χ0) is 27.9. The van der Waals surface area contributed by atoms with Gasteiger partial charge in [-0.05, 0) is 52.3 Å². The van der Waals surface area contributed by atoms with Crippen LogP contribution in [0.15, 0.2) is 42.9 Å². The zero-order valence-corrected chi connectivity index (χ0v) is 22.7. The summed E-state index contributed by atoms with van der Waals surface area (Å²) in [5.41, 5.74) is 2.27. The number of benzene rings is 1. The van der Waals surface area contributed by atoms with E-state index in [0.717, 1.165) is 17.5 Å². The number of aryl methyl sites for hydroxylation is 1. The highest BCUT2D eigenvalue weighted by atomic mass is 19.1. The molecular formula is C28H32FN7O3. The Kier molecular flexibility index (Phi) is 6.83. The number of rotatable bonds is 4. The molecule has 1 N–H and O–H groups in total. The smallest absolute Gasteiger partial charge is 0.410 e. The van der Waals surface area contributed by atoms with E-state index < -0.39 is 17.3 Å². The molecular weight excluding hydrogens is 501 g/mol. The van der Waals surface area contributed by atoms with Crippen LogP contribution in [-0.2, 0) is 4.74 Å². The fourth-order valence-corrected chi connectivity index (χ4v) is 4.96. The Morgan fingerprint density at radius 2 is 1.97 bits per heavy atom. The second-order valence-electron chi connectivity index (χ2n) is 10.8. The van der Waals surface area contributed by atoms with Gasteiger partial charge in [-0.3, -0.25) is 4.79 Å². The lowest BCUT2D eigenvalue weighted by Crippen LogP contribution is -2.56. The van der Waals surface area contributed by atoms with Gasteiger partial charge in [0.05, 0.1) is 29.2 Å². The minimum atomic E-state index is -0.562. The SMILES string of the molecule is CCC1CN(c2ccc(C(=O)Nc3cc(F)c4nc(C)cn4c3)c3nnccc23)CCN1C(=O)OC(C)(C)C. The molecule has 4 aromatic rings. The van der Waals surface area contributed by atoms with Gasteiger partial charge >= 0.3 is 6.09 Å². The lowest BCUT2D eigenvalue weighted by molar-refractivity contribution is 0.0137. The molecule has 1 fully saturated rings. The average molecular weight is 534 g/mol. The number of carbonyl (C=O) groups excluding carboxylic acids is 2. The number of amides is 2. The van der Waals surface area contributed by atoms with E-state index in [0.29, 0.717) is 42.1 Å². The first-order chi connectivity index (χ1) is 18.5. The third-order valence-corrected chi connectivity index (χ3v) is 6.71. The molecule has 0 radical (unpaired) electrons.